The second kappa shape index (κ2) is 5.07. The van der Waals surface area contributed by atoms with Gasteiger partial charge in [-0.2, -0.15) is 0 Å². The van der Waals surface area contributed by atoms with Crippen molar-refractivity contribution in [2.75, 3.05) is 11.1 Å². The lowest BCUT2D eigenvalue weighted by molar-refractivity contribution is 0.100. The van der Waals surface area contributed by atoms with Gasteiger partial charge in [0.1, 0.15) is 5.82 Å². The van der Waals surface area contributed by atoms with Crippen molar-refractivity contribution in [3.05, 3.63) is 17.8 Å². The Labute approximate surface area is 113 Å². The van der Waals surface area contributed by atoms with Crippen LogP contribution in [0.5, 0.6) is 0 Å². The summed E-state index contributed by atoms with van der Waals surface area (Å²) in [6.07, 6.45) is 6.13. The molecule has 1 aliphatic rings. The monoisotopic (exact) mass is 262 g/mol. The van der Waals surface area contributed by atoms with Gasteiger partial charge in [-0.15, -0.1) is 0 Å². The number of rotatable bonds is 3. The van der Waals surface area contributed by atoms with Crippen molar-refractivity contribution in [3.8, 4) is 0 Å². The summed E-state index contributed by atoms with van der Waals surface area (Å²) in [5.41, 5.74) is 12.2. The molecule has 0 aliphatic heterocycles. The fourth-order valence-electron chi connectivity index (χ4n) is 2.80. The van der Waals surface area contributed by atoms with E-state index >= 15 is 0 Å². The van der Waals surface area contributed by atoms with Crippen molar-refractivity contribution in [2.24, 2.45) is 11.1 Å². The largest absolute Gasteiger partial charge is 0.397 e. The van der Waals surface area contributed by atoms with Gasteiger partial charge < -0.3 is 16.8 Å². The van der Waals surface area contributed by atoms with Crippen molar-refractivity contribution in [2.45, 2.75) is 45.6 Å². The number of nitrogens with two attached hydrogens (primary N) is 2. The average molecular weight is 262 g/mol. The summed E-state index contributed by atoms with van der Waals surface area (Å²) in [5, 5.41) is 3.35. The van der Waals surface area contributed by atoms with E-state index in [1.807, 2.05) is 0 Å². The van der Waals surface area contributed by atoms with Gasteiger partial charge in [-0.1, -0.05) is 20.3 Å². The minimum atomic E-state index is -0.502. The number of nitrogens with zero attached hydrogens (tertiary/aromatic N) is 1. The third-order valence-corrected chi connectivity index (χ3v) is 3.72. The van der Waals surface area contributed by atoms with E-state index < -0.39 is 5.91 Å². The lowest BCUT2D eigenvalue weighted by Crippen LogP contribution is -2.32. The number of hydrogen-bond acceptors (Lipinski definition) is 4. The SMILES string of the molecule is CC1(C)CCCC(Nc2ncc(N)cc2C(N)=O)C1. The summed E-state index contributed by atoms with van der Waals surface area (Å²) in [7, 11) is 0. The first-order valence-electron chi connectivity index (χ1n) is 6.69. The molecule has 1 aliphatic carbocycles. The Balaban J connectivity index is 2.17. The maximum Gasteiger partial charge on any atom is 0.252 e. The average Bonchev–Trinajstić information content (AvgIpc) is 2.30. The summed E-state index contributed by atoms with van der Waals surface area (Å²) in [5.74, 6) is 0.0433. The highest BCUT2D eigenvalue weighted by atomic mass is 16.1. The Kier molecular flexibility index (Phi) is 3.64. The highest BCUT2D eigenvalue weighted by molar-refractivity contribution is 5.98. The molecular weight excluding hydrogens is 240 g/mol. The highest BCUT2D eigenvalue weighted by Gasteiger charge is 2.28. The molecule has 1 atom stereocenters. The van der Waals surface area contributed by atoms with Crippen molar-refractivity contribution in [3.63, 3.8) is 0 Å². The molecule has 1 amide bonds. The van der Waals surface area contributed by atoms with Crippen LogP contribution < -0.4 is 16.8 Å². The van der Waals surface area contributed by atoms with Crippen LogP contribution in [0.2, 0.25) is 0 Å². The predicted octanol–water partition coefficient (Wildman–Crippen LogP) is 2.14. The van der Waals surface area contributed by atoms with E-state index in [2.05, 4.69) is 24.1 Å². The maximum absolute atomic E-state index is 11.4. The molecule has 1 aromatic heterocycles. The highest BCUT2D eigenvalue weighted by Crippen LogP contribution is 2.36. The Hall–Kier alpha value is -1.78. The molecule has 1 unspecified atom stereocenters. The van der Waals surface area contributed by atoms with Gasteiger partial charge in [-0.25, -0.2) is 4.98 Å². The number of nitrogens with one attached hydrogen (secondary N) is 1. The zero-order valence-corrected chi connectivity index (χ0v) is 11.6. The number of nitrogen functional groups attached to an aromatic ring is 1. The Morgan fingerprint density at radius 3 is 2.89 bits per heavy atom. The second-order valence-electron chi connectivity index (χ2n) is 6.13. The van der Waals surface area contributed by atoms with Gasteiger partial charge in [0, 0.05) is 6.04 Å². The lowest BCUT2D eigenvalue weighted by atomic mass is 9.75. The van der Waals surface area contributed by atoms with Crippen LogP contribution in [-0.4, -0.2) is 16.9 Å². The summed E-state index contributed by atoms with van der Waals surface area (Å²) < 4.78 is 0. The maximum atomic E-state index is 11.4. The van der Waals surface area contributed by atoms with Crippen LogP contribution >= 0.6 is 0 Å². The van der Waals surface area contributed by atoms with E-state index in [4.69, 9.17) is 11.5 Å². The Morgan fingerprint density at radius 1 is 1.53 bits per heavy atom. The first-order chi connectivity index (χ1) is 8.87. The fraction of sp³-hybridized carbons (Fsp3) is 0.571. The van der Waals surface area contributed by atoms with Crippen LogP contribution in [0.4, 0.5) is 11.5 Å². The minimum Gasteiger partial charge on any atom is -0.397 e. The number of primary amides is 1. The van der Waals surface area contributed by atoms with Crippen LogP contribution in [0.25, 0.3) is 0 Å². The quantitative estimate of drug-likeness (QED) is 0.778. The molecule has 5 heteroatoms. The standard InChI is InChI=1S/C14H22N4O/c1-14(2)5-3-4-10(7-14)18-13-11(12(16)19)6-9(15)8-17-13/h6,8,10H,3-5,7,15H2,1-2H3,(H2,16,19)(H,17,18). The molecule has 1 fully saturated rings. The van der Waals surface area contributed by atoms with Crippen LogP contribution in [0.3, 0.4) is 0 Å². The predicted molar refractivity (Wildman–Crippen MR) is 76.8 cm³/mol. The molecule has 5 nitrogen and oxygen atoms in total. The van der Waals surface area contributed by atoms with Crippen LogP contribution in [0, 0.1) is 5.41 Å². The van der Waals surface area contributed by atoms with Gasteiger partial charge in [0.2, 0.25) is 0 Å². The van der Waals surface area contributed by atoms with Crippen LogP contribution in [-0.2, 0) is 0 Å². The van der Waals surface area contributed by atoms with E-state index in [-0.39, 0.29) is 0 Å². The molecular formula is C14H22N4O. The zero-order valence-electron chi connectivity index (χ0n) is 11.6. The normalized spacial score (nSPS) is 21.9. The fourth-order valence-corrected chi connectivity index (χ4v) is 2.80. The van der Waals surface area contributed by atoms with Gasteiger partial charge in [-0.05, 0) is 30.7 Å². The number of carbonyl (C=O) groups excluding carboxylic acids is 1. The van der Waals surface area contributed by atoms with Gasteiger partial charge in [0.25, 0.3) is 5.91 Å². The summed E-state index contributed by atoms with van der Waals surface area (Å²) in [6.45, 7) is 4.54. The summed E-state index contributed by atoms with van der Waals surface area (Å²) >= 11 is 0. The van der Waals surface area contributed by atoms with E-state index in [0.717, 1.165) is 12.8 Å². The molecule has 0 bridgehead atoms. The smallest absolute Gasteiger partial charge is 0.252 e. The second-order valence-corrected chi connectivity index (χ2v) is 6.13. The number of aromatic nitrogens is 1. The van der Waals surface area contributed by atoms with E-state index in [0.29, 0.717) is 28.5 Å². The molecule has 0 spiro atoms. The van der Waals surface area contributed by atoms with Crippen molar-refractivity contribution >= 4 is 17.4 Å². The topological polar surface area (TPSA) is 94.0 Å². The third-order valence-electron chi connectivity index (χ3n) is 3.72. The molecule has 0 aromatic carbocycles. The first kappa shape index (κ1) is 13.6. The zero-order chi connectivity index (χ0) is 14.0. The summed E-state index contributed by atoms with van der Waals surface area (Å²) in [4.78, 5) is 15.6. The van der Waals surface area contributed by atoms with Crippen molar-refractivity contribution < 1.29 is 4.79 Å². The van der Waals surface area contributed by atoms with E-state index in [1.165, 1.54) is 12.8 Å². The van der Waals surface area contributed by atoms with Crippen LogP contribution in [0.1, 0.15) is 49.9 Å². The lowest BCUT2D eigenvalue weighted by Gasteiger charge is -2.36. The van der Waals surface area contributed by atoms with E-state index in [9.17, 15) is 4.79 Å². The van der Waals surface area contributed by atoms with Crippen molar-refractivity contribution in [1.29, 1.82) is 0 Å². The van der Waals surface area contributed by atoms with Crippen LogP contribution in [0.15, 0.2) is 12.3 Å². The van der Waals surface area contributed by atoms with Gasteiger partial charge in [0.15, 0.2) is 0 Å². The number of anilines is 2. The molecule has 2 rings (SSSR count). The van der Waals surface area contributed by atoms with Gasteiger partial charge in [-0.3, -0.25) is 4.79 Å². The molecule has 1 saturated carbocycles. The molecule has 0 radical (unpaired) electrons. The molecule has 104 valence electrons. The molecule has 1 aromatic rings. The number of pyridine rings is 1. The number of hydrogen-bond donors (Lipinski definition) is 3. The van der Waals surface area contributed by atoms with Gasteiger partial charge >= 0.3 is 0 Å². The Bertz CT molecular complexity index is 484. The molecule has 1 heterocycles. The first-order valence-corrected chi connectivity index (χ1v) is 6.69. The molecule has 0 saturated heterocycles. The molecule has 5 N–H and O–H groups in total. The number of amides is 1. The summed E-state index contributed by atoms with van der Waals surface area (Å²) in [6, 6.07) is 1.91. The van der Waals surface area contributed by atoms with Gasteiger partial charge in [0.05, 0.1) is 17.4 Å². The van der Waals surface area contributed by atoms with Crippen molar-refractivity contribution in [1.82, 2.24) is 4.98 Å². The van der Waals surface area contributed by atoms with E-state index in [1.54, 1.807) is 12.3 Å². The molecule has 19 heavy (non-hydrogen) atoms. The number of carbonyl (C=O) groups is 1. The third kappa shape index (κ3) is 3.36. The minimum absolute atomic E-state index is 0.330. The Morgan fingerprint density at radius 2 is 2.26 bits per heavy atom.